The van der Waals surface area contributed by atoms with Crippen molar-refractivity contribution in [1.82, 2.24) is 10.3 Å². The summed E-state index contributed by atoms with van der Waals surface area (Å²) in [5.41, 5.74) is 1.88. The first-order chi connectivity index (χ1) is 9.58. The van der Waals surface area contributed by atoms with E-state index in [4.69, 9.17) is 11.6 Å². The van der Waals surface area contributed by atoms with Crippen LogP contribution in [0, 0.1) is 12.7 Å². The van der Waals surface area contributed by atoms with Gasteiger partial charge in [0.25, 0.3) is 0 Å². The predicted octanol–water partition coefficient (Wildman–Crippen LogP) is 4.01. The van der Waals surface area contributed by atoms with Crippen molar-refractivity contribution in [2.75, 3.05) is 6.54 Å². The molecule has 0 radical (unpaired) electrons. The monoisotopic (exact) mass is 312 g/mol. The number of nitrogens with zero attached hydrogens (tertiary/aromatic N) is 1. The molecular formula is C15H18ClFN2S. The van der Waals surface area contributed by atoms with E-state index in [-0.39, 0.29) is 11.9 Å². The summed E-state index contributed by atoms with van der Waals surface area (Å²) in [6, 6.07) is 4.73. The van der Waals surface area contributed by atoms with Gasteiger partial charge in [-0.2, -0.15) is 0 Å². The van der Waals surface area contributed by atoms with Crippen LogP contribution in [0.25, 0.3) is 0 Å². The fraction of sp³-hybridized carbons (Fsp3) is 0.400. The van der Waals surface area contributed by atoms with Gasteiger partial charge < -0.3 is 5.32 Å². The molecule has 1 aromatic carbocycles. The summed E-state index contributed by atoms with van der Waals surface area (Å²) in [7, 11) is 0. The Morgan fingerprint density at radius 1 is 1.40 bits per heavy atom. The van der Waals surface area contributed by atoms with Crippen LogP contribution >= 0.6 is 22.9 Å². The van der Waals surface area contributed by atoms with Gasteiger partial charge >= 0.3 is 0 Å². The molecule has 2 nitrogen and oxygen atoms in total. The number of aryl methyl sites for hydroxylation is 1. The van der Waals surface area contributed by atoms with E-state index in [1.54, 1.807) is 17.4 Å². The van der Waals surface area contributed by atoms with Crippen LogP contribution in [0.1, 0.15) is 23.2 Å². The molecule has 0 bridgehead atoms. The molecule has 0 aliphatic heterocycles. The summed E-state index contributed by atoms with van der Waals surface area (Å²) < 4.78 is 13.3. The third-order valence-corrected chi connectivity index (χ3v) is 4.41. The van der Waals surface area contributed by atoms with Crippen LogP contribution in [0.2, 0.25) is 5.02 Å². The van der Waals surface area contributed by atoms with Crippen molar-refractivity contribution < 1.29 is 4.39 Å². The molecule has 1 N–H and O–H groups in total. The maximum atomic E-state index is 13.3. The van der Waals surface area contributed by atoms with Crippen LogP contribution in [0.4, 0.5) is 4.39 Å². The maximum absolute atomic E-state index is 13.3. The number of rotatable bonds is 6. The third kappa shape index (κ3) is 4.27. The summed E-state index contributed by atoms with van der Waals surface area (Å²) in [6.45, 7) is 4.92. The molecule has 1 heterocycles. The van der Waals surface area contributed by atoms with Crippen LogP contribution in [-0.2, 0) is 12.8 Å². The molecule has 108 valence electrons. The van der Waals surface area contributed by atoms with E-state index < -0.39 is 0 Å². The van der Waals surface area contributed by atoms with Crippen molar-refractivity contribution in [3.05, 3.63) is 50.7 Å². The third-order valence-electron chi connectivity index (χ3n) is 3.05. The van der Waals surface area contributed by atoms with E-state index in [2.05, 4.69) is 17.2 Å². The number of nitrogens with one attached hydrogen (secondary N) is 1. The van der Waals surface area contributed by atoms with E-state index in [0.29, 0.717) is 11.4 Å². The van der Waals surface area contributed by atoms with E-state index in [0.717, 1.165) is 29.2 Å². The molecule has 1 aromatic heterocycles. The maximum Gasteiger partial charge on any atom is 0.123 e. The van der Waals surface area contributed by atoms with Gasteiger partial charge in [0.2, 0.25) is 0 Å². The van der Waals surface area contributed by atoms with Gasteiger partial charge in [0.05, 0.1) is 5.01 Å². The standard InChI is InChI=1S/C15H18ClFN2S/c1-3-18-13(8-15-19-10(2)9-20-15)7-11-6-12(17)4-5-14(11)16/h4-6,9,13,18H,3,7-8H2,1-2H3. The van der Waals surface area contributed by atoms with E-state index in [1.807, 2.05) is 12.3 Å². The molecular weight excluding hydrogens is 295 g/mol. The Morgan fingerprint density at radius 3 is 2.85 bits per heavy atom. The smallest absolute Gasteiger partial charge is 0.123 e. The molecule has 0 amide bonds. The Hall–Kier alpha value is -0.970. The summed E-state index contributed by atoms with van der Waals surface area (Å²) in [5.74, 6) is -0.246. The Labute approximate surface area is 128 Å². The summed E-state index contributed by atoms with van der Waals surface area (Å²) >= 11 is 7.80. The Kier molecular flexibility index (Phi) is 5.52. The predicted molar refractivity (Wildman–Crippen MR) is 83.1 cm³/mol. The van der Waals surface area contributed by atoms with Crippen molar-refractivity contribution in [3.63, 3.8) is 0 Å². The van der Waals surface area contributed by atoms with Gasteiger partial charge in [-0.1, -0.05) is 18.5 Å². The van der Waals surface area contributed by atoms with Gasteiger partial charge in [-0.15, -0.1) is 11.3 Å². The first kappa shape index (κ1) is 15.4. The second kappa shape index (κ2) is 7.16. The summed E-state index contributed by atoms with van der Waals surface area (Å²) in [6.07, 6.45) is 1.53. The number of aromatic nitrogens is 1. The molecule has 5 heteroatoms. The van der Waals surface area contributed by atoms with Crippen LogP contribution in [0.5, 0.6) is 0 Å². The van der Waals surface area contributed by atoms with Gasteiger partial charge in [0, 0.05) is 28.6 Å². The highest BCUT2D eigenvalue weighted by Crippen LogP contribution is 2.20. The van der Waals surface area contributed by atoms with Crippen LogP contribution < -0.4 is 5.32 Å². The van der Waals surface area contributed by atoms with Crippen molar-refractivity contribution in [1.29, 1.82) is 0 Å². The zero-order valence-electron chi connectivity index (χ0n) is 11.6. The number of benzene rings is 1. The average molecular weight is 313 g/mol. The highest BCUT2D eigenvalue weighted by molar-refractivity contribution is 7.09. The summed E-state index contributed by atoms with van der Waals surface area (Å²) in [5, 5.41) is 7.18. The highest BCUT2D eigenvalue weighted by Gasteiger charge is 2.14. The van der Waals surface area contributed by atoms with Crippen LogP contribution in [0.3, 0.4) is 0 Å². The first-order valence-corrected chi connectivity index (χ1v) is 7.92. The molecule has 2 aromatic rings. The van der Waals surface area contributed by atoms with E-state index >= 15 is 0 Å². The Bertz CT molecular complexity index is 571. The quantitative estimate of drug-likeness (QED) is 0.872. The molecule has 20 heavy (non-hydrogen) atoms. The SMILES string of the molecule is CCNC(Cc1nc(C)cs1)Cc1cc(F)ccc1Cl. The largest absolute Gasteiger partial charge is 0.314 e. The molecule has 0 saturated heterocycles. The van der Waals surface area contributed by atoms with E-state index in [1.165, 1.54) is 12.1 Å². The molecule has 1 unspecified atom stereocenters. The lowest BCUT2D eigenvalue weighted by Crippen LogP contribution is -2.33. The van der Waals surface area contributed by atoms with E-state index in [9.17, 15) is 4.39 Å². The van der Waals surface area contributed by atoms with Gasteiger partial charge in [0.1, 0.15) is 5.82 Å². The van der Waals surface area contributed by atoms with Crippen molar-refractivity contribution in [2.45, 2.75) is 32.7 Å². The highest BCUT2D eigenvalue weighted by atomic mass is 35.5. The lowest BCUT2D eigenvalue weighted by molar-refractivity contribution is 0.518. The minimum atomic E-state index is -0.246. The fourth-order valence-corrected chi connectivity index (χ4v) is 3.23. The zero-order valence-corrected chi connectivity index (χ0v) is 13.2. The van der Waals surface area contributed by atoms with Crippen molar-refractivity contribution in [3.8, 4) is 0 Å². The number of halogens is 2. The molecule has 2 rings (SSSR count). The number of hydrogen-bond donors (Lipinski definition) is 1. The normalized spacial score (nSPS) is 12.6. The lowest BCUT2D eigenvalue weighted by atomic mass is 10.0. The Balaban J connectivity index is 2.10. The second-order valence-corrected chi connectivity index (χ2v) is 6.13. The number of thiazole rings is 1. The molecule has 0 fully saturated rings. The minimum absolute atomic E-state index is 0.213. The van der Waals surface area contributed by atoms with Gasteiger partial charge in [-0.05, 0) is 43.7 Å². The molecule has 0 saturated carbocycles. The lowest BCUT2D eigenvalue weighted by Gasteiger charge is -2.17. The minimum Gasteiger partial charge on any atom is -0.314 e. The van der Waals surface area contributed by atoms with Gasteiger partial charge in [0.15, 0.2) is 0 Å². The zero-order chi connectivity index (χ0) is 14.5. The first-order valence-electron chi connectivity index (χ1n) is 6.66. The summed E-state index contributed by atoms with van der Waals surface area (Å²) in [4.78, 5) is 4.49. The number of likely N-dealkylation sites (N-methyl/N-ethyl adjacent to an activating group) is 1. The van der Waals surface area contributed by atoms with Crippen LogP contribution in [0.15, 0.2) is 23.6 Å². The average Bonchev–Trinajstić information content (AvgIpc) is 2.79. The molecule has 0 aliphatic carbocycles. The molecule has 0 aliphatic rings. The fourth-order valence-electron chi connectivity index (χ4n) is 2.18. The van der Waals surface area contributed by atoms with Gasteiger partial charge in [-0.3, -0.25) is 0 Å². The van der Waals surface area contributed by atoms with Crippen molar-refractivity contribution >= 4 is 22.9 Å². The molecule has 0 spiro atoms. The van der Waals surface area contributed by atoms with Crippen LogP contribution in [-0.4, -0.2) is 17.6 Å². The number of hydrogen-bond acceptors (Lipinski definition) is 3. The van der Waals surface area contributed by atoms with Gasteiger partial charge in [-0.25, -0.2) is 9.37 Å². The Morgan fingerprint density at radius 2 is 2.20 bits per heavy atom. The van der Waals surface area contributed by atoms with Crippen molar-refractivity contribution in [2.24, 2.45) is 0 Å². The topological polar surface area (TPSA) is 24.9 Å². The second-order valence-electron chi connectivity index (χ2n) is 4.78. The molecule has 1 atom stereocenters.